The number of halogens is 2. The average molecular weight is 498 g/mol. The van der Waals surface area contributed by atoms with Crippen molar-refractivity contribution >= 4 is 38.9 Å². The summed E-state index contributed by atoms with van der Waals surface area (Å²) in [6.07, 6.45) is 0. The highest BCUT2D eigenvalue weighted by Gasteiger charge is 2.23. The lowest BCUT2D eigenvalue weighted by Gasteiger charge is -2.12. The van der Waals surface area contributed by atoms with Gasteiger partial charge >= 0.3 is 0 Å². The Hall–Kier alpha value is -4.25. The molecule has 0 saturated heterocycles. The van der Waals surface area contributed by atoms with Crippen molar-refractivity contribution in [3.63, 3.8) is 0 Å². The molecule has 1 aromatic heterocycles. The molecule has 35 heavy (non-hydrogen) atoms. The van der Waals surface area contributed by atoms with E-state index in [2.05, 4.69) is 25.3 Å². The molecule has 0 amide bonds. The van der Waals surface area contributed by atoms with E-state index in [0.29, 0.717) is 17.5 Å². The number of nitrogens with zero attached hydrogens (tertiary/aromatic N) is 2. The second-order valence-corrected chi connectivity index (χ2v) is 9.05. The molecule has 180 valence electrons. The molecular formula is C24H21F2N5O3S. The van der Waals surface area contributed by atoms with E-state index in [4.69, 9.17) is 4.74 Å². The molecule has 0 fully saturated rings. The predicted octanol–water partition coefficient (Wildman–Crippen LogP) is 5.36. The van der Waals surface area contributed by atoms with Gasteiger partial charge in [-0.15, -0.1) is 0 Å². The van der Waals surface area contributed by atoms with Crippen molar-refractivity contribution in [2.75, 3.05) is 22.5 Å². The molecule has 0 unspecified atom stereocenters. The SMILES string of the molecule is COc1ccc(Nc2cc(C)nc(Nc3ccc(NS(=O)(=O)c4c(F)cccc4F)cc3)n2)cc1. The predicted molar refractivity (Wildman–Crippen MR) is 130 cm³/mol. The number of anilines is 5. The van der Waals surface area contributed by atoms with Gasteiger partial charge in [-0.2, -0.15) is 4.98 Å². The van der Waals surface area contributed by atoms with Gasteiger partial charge in [0.1, 0.15) is 23.2 Å². The Morgan fingerprint density at radius 3 is 2.00 bits per heavy atom. The smallest absolute Gasteiger partial charge is 0.267 e. The van der Waals surface area contributed by atoms with E-state index in [0.717, 1.165) is 35.3 Å². The van der Waals surface area contributed by atoms with Crippen LogP contribution in [0.2, 0.25) is 0 Å². The van der Waals surface area contributed by atoms with Crippen LogP contribution < -0.4 is 20.1 Å². The fourth-order valence-corrected chi connectivity index (χ4v) is 4.40. The van der Waals surface area contributed by atoms with E-state index < -0.39 is 26.6 Å². The number of aryl methyl sites for hydroxylation is 1. The van der Waals surface area contributed by atoms with Crippen molar-refractivity contribution in [3.05, 3.63) is 90.1 Å². The molecule has 4 aromatic rings. The zero-order valence-corrected chi connectivity index (χ0v) is 19.5. The summed E-state index contributed by atoms with van der Waals surface area (Å²) in [6.45, 7) is 1.83. The first-order valence-electron chi connectivity index (χ1n) is 10.3. The first kappa shape index (κ1) is 23.9. The molecule has 0 aliphatic carbocycles. The van der Waals surface area contributed by atoms with E-state index in [1.807, 2.05) is 31.2 Å². The van der Waals surface area contributed by atoms with E-state index in [1.54, 1.807) is 25.3 Å². The van der Waals surface area contributed by atoms with Crippen molar-refractivity contribution in [1.29, 1.82) is 0 Å². The molecule has 0 aliphatic heterocycles. The Morgan fingerprint density at radius 1 is 0.800 bits per heavy atom. The van der Waals surface area contributed by atoms with Gasteiger partial charge < -0.3 is 15.4 Å². The number of aromatic nitrogens is 2. The summed E-state index contributed by atoms with van der Waals surface area (Å²) in [5.74, 6) is -0.719. The molecule has 0 atom stereocenters. The number of benzene rings is 3. The number of sulfonamides is 1. The molecule has 0 aliphatic rings. The second kappa shape index (κ2) is 9.94. The first-order chi connectivity index (χ1) is 16.7. The van der Waals surface area contributed by atoms with Gasteiger partial charge in [0, 0.05) is 28.8 Å². The van der Waals surface area contributed by atoms with Crippen molar-refractivity contribution in [2.24, 2.45) is 0 Å². The first-order valence-corrected chi connectivity index (χ1v) is 11.8. The highest BCUT2D eigenvalue weighted by molar-refractivity contribution is 7.92. The number of methoxy groups -OCH3 is 1. The van der Waals surface area contributed by atoms with Crippen LogP contribution in [0.3, 0.4) is 0 Å². The fourth-order valence-electron chi connectivity index (χ4n) is 3.21. The molecule has 3 aromatic carbocycles. The lowest BCUT2D eigenvalue weighted by molar-refractivity contribution is 0.415. The van der Waals surface area contributed by atoms with Crippen LogP contribution in [-0.2, 0) is 10.0 Å². The maximum Gasteiger partial charge on any atom is 0.267 e. The van der Waals surface area contributed by atoms with Gasteiger partial charge in [0.05, 0.1) is 7.11 Å². The zero-order valence-electron chi connectivity index (χ0n) is 18.7. The summed E-state index contributed by atoms with van der Waals surface area (Å²) < 4.78 is 60.0. The summed E-state index contributed by atoms with van der Waals surface area (Å²) >= 11 is 0. The molecule has 4 rings (SSSR count). The summed E-state index contributed by atoms with van der Waals surface area (Å²) in [7, 11) is -2.86. The van der Waals surface area contributed by atoms with Gasteiger partial charge in [-0.05, 0) is 67.6 Å². The minimum Gasteiger partial charge on any atom is -0.497 e. The van der Waals surface area contributed by atoms with Crippen LogP contribution in [0.4, 0.5) is 37.6 Å². The van der Waals surface area contributed by atoms with E-state index in [1.165, 1.54) is 12.1 Å². The van der Waals surface area contributed by atoms with Crippen molar-refractivity contribution < 1.29 is 21.9 Å². The Labute approximate surface area is 201 Å². The molecule has 8 nitrogen and oxygen atoms in total. The van der Waals surface area contributed by atoms with Gasteiger partial charge in [-0.3, -0.25) is 4.72 Å². The van der Waals surface area contributed by atoms with Gasteiger partial charge in [-0.25, -0.2) is 22.2 Å². The zero-order chi connectivity index (χ0) is 25.0. The molecule has 3 N–H and O–H groups in total. The quantitative estimate of drug-likeness (QED) is 0.301. The Balaban J connectivity index is 1.47. The third-order valence-electron chi connectivity index (χ3n) is 4.80. The normalized spacial score (nSPS) is 11.1. The average Bonchev–Trinajstić information content (AvgIpc) is 2.80. The van der Waals surface area contributed by atoms with E-state index >= 15 is 0 Å². The van der Waals surface area contributed by atoms with Gasteiger partial charge in [0.15, 0.2) is 4.90 Å². The van der Waals surface area contributed by atoms with Crippen LogP contribution in [0.1, 0.15) is 5.69 Å². The van der Waals surface area contributed by atoms with Crippen molar-refractivity contribution in [3.8, 4) is 5.75 Å². The van der Waals surface area contributed by atoms with Crippen LogP contribution in [-0.4, -0.2) is 25.5 Å². The van der Waals surface area contributed by atoms with Crippen LogP contribution in [0.5, 0.6) is 5.75 Å². The maximum atomic E-state index is 13.9. The van der Waals surface area contributed by atoms with Crippen LogP contribution in [0, 0.1) is 18.6 Å². The van der Waals surface area contributed by atoms with Crippen molar-refractivity contribution in [2.45, 2.75) is 11.8 Å². The van der Waals surface area contributed by atoms with Gasteiger partial charge in [0.25, 0.3) is 10.0 Å². The maximum absolute atomic E-state index is 13.9. The lowest BCUT2D eigenvalue weighted by Crippen LogP contribution is -2.16. The van der Waals surface area contributed by atoms with E-state index in [-0.39, 0.29) is 5.69 Å². The summed E-state index contributed by atoms with van der Waals surface area (Å²) in [5.41, 5.74) is 2.24. The van der Waals surface area contributed by atoms with Crippen LogP contribution in [0.15, 0.2) is 77.7 Å². The summed E-state index contributed by atoms with van der Waals surface area (Å²) in [6, 6.07) is 18.1. The van der Waals surface area contributed by atoms with Gasteiger partial charge in [0.2, 0.25) is 5.95 Å². The minimum absolute atomic E-state index is 0.130. The third-order valence-corrected chi connectivity index (χ3v) is 6.23. The molecule has 0 spiro atoms. The van der Waals surface area contributed by atoms with Crippen LogP contribution in [0.25, 0.3) is 0 Å². The second-order valence-electron chi connectivity index (χ2n) is 7.43. The molecule has 0 saturated carbocycles. The minimum atomic E-state index is -4.45. The molecular weight excluding hydrogens is 476 g/mol. The Kier molecular flexibility index (Phi) is 6.78. The summed E-state index contributed by atoms with van der Waals surface area (Å²) in [4.78, 5) is 7.78. The number of hydrogen-bond acceptors (Lipinski definition) is 7. The fraction of sp³-hybridized carbons (Fsp3) is 0.0833. The highest BCUT2D eigenvalue weighted by Crippen LogP contribution is 2.24. The topological polar surface area (TPSA) is 105 Å². The number of hydrogen-bond donors (Lipinski definition) is 3. The molecule has 0 radical (unpaired) electrons. The lowest BCUT2D eigenvalue weighted by atomic mass is 10.3. The molecule has 11 heteroatoms. The third kappa shape index (κ3) is 5.82. The Bertz CT molecular complexity index is 1430. The number of rotatable bonds is 8. The van der Waals surface area contributed by atoms with Gasteiger partial charge in [-0.1, -0.05) is 6.07 Å². The Morgan fingerprint density at radius 2 is 1.37 bits per heavy atom. The summed E-state index contributed by atoms with van der Waals surface area (Å²) in [5, 5.41) is 6.25. The molecule has 0 bridgehead atoms. The largest absolute Gasteiger partial charge is 0.497 e. The van der Waals surface area contributed by atoms with E-state index in [9.17, 15) is 17.2 Å². The van der Waals surface area contributed by atoms with Crippen molar-refractivity contribution in [1.82, 2.24) is 9.97 Å². The number of ether oxygens (including phenoxy) is 1. The highest BCUT2D eigenvalue weighted by atomic mass is 32.2. The molecule has 1 heterocycles. The monoisotopic (exact) mass is 497 g/mol. The number of nitrogens with one attached hydrogen (secondary N) is 3. The van der Waals surface area contributed by atoms with Crippen LogP contribution >= 0.6 is 0 Å². The standard InChI is InChI=1S/C24H21F2N5O3S/c1-15-14-22(28-16-10-12-19(34-2)13-11-16)30-24(27-15)29-17-6-8-18(9-7-17)31-35(32,33)23-20(25)4-3-5-21(23)26/h3-14,31H,1-2H3,(H2,27,28,29,30).